The number of rotatable bonds is 12. The number of nitrogens with one attached hydrogen (secondary N) is 1. The van der Waals surface area contributed by atoms with Crippen LogP contribution in [0.4, 0.5) is 5.69 Å². The van der Waals surface area contributed by atoms with Gasteiger partial charge in [-0.2, -0.15) is 0 Å². The van der Waals surface area contributed by atoms with Crippen molar-refractivity contribution in [2.24, 2.45) is 0 Å². The minimum atomic E-state index is -4.17. The first-order valence-corrected chi connectivity index (χ1v) is 14.0. The van der Waals surface area contributed by atoms with Gasteiger partial charge >= 0.3 is 0 Å². The number of benzene rings is 3. The summed E-state index contributed by atoms with van der Waals surface area (Å²) in [6.07, 6.45) is 0.734. The van der Waals surface area contributed by atoms with E-state index >= 15 is 0 Å². The fraction of sp³-hybridized carbons (Fsp3) is 0.286. The Morgan fingerprint density at radius 3 is 2.34 bits per heavy atom. The highest BCUT2D eigenvalue weighted by molar-refractivity contribution is 7.92. The van der Waals surface area contributed by atoms with Gasteiger partial charge in [-0.15, -0.1) is 0 Å². The van der Waals surface area contributed by atoms with E-state index in [1.165, 1.54) is 24.1 Å². The Balaban J connectivity index is 2.04. The van der Waals surface area contributed by atoms with Crippen molar-refractivity contribution in [2.75, 3.05) is 24.5 Å². The molecule has 3 rings (SSSR count). The third kappa shape index (κ3) is 7.05. The van der Waals surface area contributed by atoms with Crippen molar-refractivity contribution in [3.8, 4) is 5.75 Å². The predicted molar refractivity (Wildman–Crippen MR) is 149 cm³/mol. The number of hydrogen-bond acceptors (Lipinski definition) is 5. The van der Waals surface area contributed by atoms with Crippen LogP contribution < -0.4 is 14.4 Å². The van der Waals surface area contributed by atoms with Crippen LogP contribution in [0.15, 0.2) is 83.8 Å². The van der Waals surface area contributed by atoms with Gasteiger partial charge in [0.1, 0.15) is 18.3 Å². The van der Waals surface area contributed by atoms with Crippen molar-refractivity contribution in [3.63, 3.8) is 0 Å². The van der Waals surface area contributed by atoms with E-state index < -0.39 is 28.5 Å². The lowest BCUT2D eigenvalue weighted by Crippen LogP contribution is -2.51. The molecule has 0 fully saturated rings. The highest BCUT2D eigenvalue weighted by Gasteiger charge is 2.33. The highest BCUT2D eigenvalue weighted by atomic mass is 35.5. The van der Waals surface area contributed by atoms with E-state index in [0.717, 1.165) is 10.7 Å². The van der Waals surface area contributed by atoms with Gasteiger partial charge in [0.25, 0.3) is 10.0 Å². The van der Waals surface area contributed by atoms with E-state index in [-0.39, 0.29) is 28.8 Å². The smallest absolute Gasteiger partial charge is 0.264 e. The van der Waals surface area contributed by atoms with Crippen LogP contribution in [0.5, 0.6) is 5.75 Å². The third-order valence-corrected chi connectivity index (χ3v) is 7.93. The van der Waals surface area contributed by atoms with Crippen molar-refractivity contribution in [1.82, 2.24) is 10.2 Å². The van der Waals surface area contributed by atoms with Crippen LogP contribution in [-0.4, -0.2) is 51.4 Å². The number of halogens is 1. The molecule has 0 saturated carbocycles. The van der Waals surface area contributed by atoms with Gasteiger partial charge in [0.15, 0.2) is 0 Å². The normalized spacial score (nSPS) is 11.9. The molecule has 0 radical (unpaired) electrons. The number of amides is 2. The van der Waals surface area contributed by atoms with Gasteiger partial charge in [0.05, 0.1) is 17.7 Å². The lowest BCUT2D eigenvalue weighted by atomic mass is 10.1. The second-order valence-corrected chi connectivity index (χ2v) is 10.9. The number of carbonyl (C=O) groups is 2. The van der Waals surface area contributed by atoms with Crippen LogP contribution >= 0.6 is 11.6 Å². The number of hydrogen-bond donors (Lipinski definition) is 1. The first-order chi connectivity index (χ1) is 18.2. The molecular weight excluding hydrogens is 526 g/mol. The minimum absolute atomic E-state index is 0.0221. The second-order valence-electron chi connectivity index (χ2n) is 8.62. The molecule has 202 valence electrons. The molecule has 0 heterocycles. The number of methoxy groups -OCH3 is 1. The van der Waals surface area contributed by atoms with Gasteiger partial charge in [-0.1, -0.05) is 61.0 Å². The van der Waals surface area contributed by atoms with Crippen LogP contribution in [0.25, 0.3) is 0 Å². The number of sulfonamides is 1. The van der Waals surface area contributed by atoms with E-state index in [0.29, 0.717) is 17.1 Å². The molecule has 0 aliphatic carbocycles. The Bertz CT molecular complexity index is 1350. The second kappa shape index (κ2) is 13.3. The quantitative estimate of drug-likeness (QED) is 0.354. The summed E-state index contributed by atoms with van der Waals surface area (Å²) in [7, 11) is -2.74. The average molecular weight is 558 g/mol. The molecule has 38 heavy (non-hydrogen) atoms. The number of nitrogens with zero attached hydrogens (tertiary/aromatic N) is 2. The average Bonchev–Trinajstić information content (AvgIpc) is 2.93. The van der Waals surface area contributed by atoms with Gasteiger partial charge in [-0.3, -0.25) is 13.9 Å². The molecule has 0 aliphatic heterocycles. The van der Waals surface area contributed by atoms with E-state index in [4.69, 9.17) is 16.3 Å². The SMILES string of the molecule is CCCNC(=O)[C@H](C)N(Cc1cccc(Cl)c1)C(=O)CN(c1ccccc1OC)S(=O)(=O)c1ccccc1. The summed E-state index contributed by atoms with van der Waals surface area (Å²) in [6, 6.07) is 20.5. The van der Waals surface area contributed by atoms with Crippen molar-refractivity contribution in [2.45, 2.75) is 37.8 Å². The Kier molecular flexibility index (Phi) is 10.2. The standard InChI is InChI=1S/C28H32ClN3O5S/c1-4-17-30-28(34)21(2)31(19-22-11-10-12-23(29)18-22)27(33)20-32(25-15-8-9-16-26(25)37-3)38(35,36)24-13-6-5-7-14-24/h5-16,18,21H,4,17,19-20H2,1-3H3,(H,30,34)/t21-/m0/s1. The summed E-state index contributed by atoms with van der Waals surface area (Å²) in [6.45, 7) is 3.51. The van der Waals surface area contributed by atoms with E-state index in [1.807, 2.05) is 6.92 Å². The van der Waals surface area contributed by atoms with Crippen molar-refractivity contribution in [3.05, 3.63) is 89.4 Å². The zero-order chi connectivity index (χ0) is 27.7. The number of anilines is 1. The largest absolute Gasteiger partial charge is 0.495 e. The van der Waals surface area contributed by atoms with E-state index in [2.05, 4.69) is 5.32 Å². The Morgan fingerprint density at radius 2 is 1.68 bits per heavy atom. The molecule has 1 N–H and O–H groups in total. The molecule has 8 nitrogen and oxygen atoms in total. The predicted octanol–water partition coefficient (Wildman–Crippen LogP) is 4.49. The number of ether oxygens (including phenoxy) is 1. The van der Waals surface area contributed by atoms with Gasteiger partial charge in [0, 0.05) is 18.1 Å². The van der Waals surface area contributed by atoms with E-state index in [1.54, 1.807) is 73.7 Å². The summed E-state index contributed by atoms with van der Waals surface area (Å²) in [4.78, 5) is 28.2. The number of para-hydroxylation sites is 2. The topological polar surface area (TPSA) is 96.0 Å². The molecule has 0 unspecified atom stereocenters. The number of carbonyl (C=O) groups excluding carboxylic acids is 2. The van der Waals surface area contributed by atoms with Crippen molar-refractivity contribution in [1.29, 1.82) is 0 Å². The van der Waals surface area contributed by atoms with Crippen LogP contribution in [0, 0.1) is 0 Å². The molecule has 3 aromatic rings. The zero-order valence-corrected chi connectivity index (χ0v) is 23.2. The molecule has 2 amide bonds. The maximum atomic E-state index is 13.9. The first-order valence-electron chi connectivity index (χ1n) is 12.2. The summed E-state index contributed by atoms with van der Waals surface area (Å²) >= 11 is 6.16. The maximum absolute atomic E-state index is 13.9. The van der Waals surface area contributed by atoms with Crippen molar-refractivity contribution < 1.29 is 22.7 Å². The molecule has 0 aromatic heterocycles. The summed E-state index contributed by atoms with van der Waals surface area (Å²) in [5.74, 6) is -0.610. The molecule has 10 heteroatoms. The van der Waals surface area contributed by atoms with Gasteiger partial charge in [-0.05, 0) is 55.3 Å². The highest BCUT2D eigenvalue weighted by Crippen LogP contribution is 2.32. The minimum Gasteiger partial charge on any atom is -0.495 e. The summed E-state index contributed by atoms with van der Waals surface area (Å²) < 4.78 is 34.1. The third-order valence-electron chi connectivity index (χ3n) is 5.92. The molecule has 0 spiro atoms. The molecule has 0 bridgehead atoms. The Labute approximate surface area is 229 Å². The van der Waals surface area contributed by atoms with Crippen molar-refractivity contribution >= 4 is 39.1 Å². The molecular formula is C28H32ClN3O5S. The zero-order valence-electron chi connectivity index (χ0n) is 21.6. The Hall–Kier alpha value is -3.56. The first kappa shape index (κ1) is 29.0. The summed E-state index contributed by atoms with van der Waals surface area (Å²) in [5, 5.41) is 3.30. The van der Waals surface area contributed by atoms with Crippen LogP contribution in [0.2, 0.25) is 5.02 Å². The fourth-order valence-corrected chi connectivity index (χ4v) is 5.54. The van der Waals surface area contributed by atoms with Crippen LogP contribution in [0.1, 0.15) is 25.8 Å². The van der Waals surface area contributed by atoms with Crippen LogP contribution in [0.3, 0.4) is 0 Å². The van der Waals surface area contributed by atoms with Gasteiger partial charge in [-0.25, -0.2) is 8.42 Å². The molecule has 3 aromatic carbocycles. The monoisotopic (exact) mass is 557 g/mol. The lowest BCUT2D eigenvalue weighted by molar-refractivity contribution is -0.139. The van der Waals surface area contributed by atoms with Gasteiger partial charge < -0.3 is 15.0 Å². The van der Waals surface area contributed by atoms with E-state index in [9.17, 15) is 18.0 Å². The molecule has 0 aliphatic rings. The Morgan fingerprint density at radius 1 is 1.00 bits per heavy atom. The summed E-state index contributed by atoms with van der Waals surface area (Å²) in [5.41, 5.74) is 0.911. The maximum Gasteiger partial charge on any atom is 0.264 e. The fourth-order valence-electron chi connectivity index (χ4n) is 3.88. The molecule has 0 saturated heterocycles. The van der Waals surface area contributed by atoms with Crippen LogP contribution in [-0.2, 0) is 26.2 Å². The lowest BCUT2D eigenvalue weighted by Gasteiger charge is -2.32. The molecule has 1 atom stereocenters. The van der Waals surface area contributed by atoms with Gasteiger partial charge in [0.2, 0.25) is 11.8 Å².